The van der Waals surface area contributed by atoms with E-state index in [2.05, 4.69) is 32.2 Å². The van der Waals surface area contributed by atoms with Crippen molar-refractivity contribution >= 4 is 11.3 Å². The van der Waals surface area contributed by atoms with E-state index >= 15 is 0 Å². The topological polar surface area (TPSA) is 21.3 Å². The molecular weight excluding hydrogens is 218 g/mol. The van der Waals surface area contributed by atoms with Crippen LogP contribution in [-0.4, -0.2) is 19.8 Å². The van der Waals surface area contributed by atoms with E-state index in [9.17, 15) is 0 Å². The van der Waals surface area contributed by atoms with Gasteiger partial charge in [0, 0.05) is 16.4 Å². The molecule has 0 aromatic carbocycles. The van der Waals surface area contributed by atoms with Crippen LogP contribution in [0, 0.1) is 19.8 Å². The highest BCUT2D eigenvalue weighted by Crippen LogP contribution is 2.36. The Labute approximate surface area is 102 Å². The van der Waals surface area contributed by atoms with E-state index in [1.807, 2.05) is 18.4 Å². The zero-order valence-electron chi connectivity index (χ0n) is 10.5. The van der Waals surface area contributed by atoms with Gasteiger partial charge in [0.05, 0.1) is 12.1 Å². The van der Waals surface area contributed by atoms with E-state index < -0.39 is 0 Å². The highest BCUT2D eigenvalue weighted by molar-refractivity contribution is 7.12. The molecule has 0 amide bonds. The lowest BCUT2D eigenvalue weighted by Crippen LogP contribution is -2.32. The molecule has 0 radical (unpaired) electrons. The monoisotopic (exact) mass is 239 g/mol. The lowest BCUT2D eigenvalue weighted by molar-refractivity contribution is 0.0640. The van der Waals surface area contributed by atoms with Crippen molar-refractivity contribution in [3.63, 3.8) is 0 Å². The van der Waals surface area contributed by atoms with Crippen LogP contribution in [-0.2, 0) is 4.74 Å². The Morgan fingerprint density at radius 2 is 2.25 bits per heavy atom. The summed E-state index contributed by atoms with van der Waals surface area (Å²) in [5.74, 6) is 0.652. The third-order valence-corrected chi connectivity index (χ3v) is 4.68. The summed E-state index contributed by atoms with van der Waals surface area (Å²) >= 11 is 1.89. The molecular formula is C13H21NOS. The fourth-order valence-corrected chi connectivity index (χ4v) is 3.74. The first-order valence-corrected chi connectivity index (χ1v) is 6.81. The van der Waals surface area contributed by atoms with E-state index in [4.69, 9.17) is 4.74 Å². The van der Waals surface area contributed by atoms with Gasteiger partial charge in [0.2, 0.25) is 0 Å². The predicted octanol–water partition coefficient (Wildman–Crippen LogP) is 3.05. The van der Waals surface area contributed by atoms with Crippen molar-refractivity contribution in [3.05, 3.63) is 21.4 Å². The molecule has 1 aromatic rings. The summed E-state index contributed by atoms with van der Waals surface area (Å²) in [5.41, 5.74) is 1.39. The molecule has 0 saturated carbocycles. The highest BCUT2D eigenvalue weighted by Gasteiger charge is 2.33. The van der Waals surface area contributed by atoms with Gasteiger partial charge in [-0.2, -0.15) is 0 Å². The second-order valence-corrected chi connectivity index (χ2v) is 6.06. The third-order valence-electron chi connectivity index (χ3n) is 3.45. The summed E-state index contributed by atoms with van der Waals surface area (Å²) in [6, 6.07) is 2.63. The van der Waals surface area contributed by atoms with Crippen molar-refractivity contribution < 1.29 is 4.74 Å². The van der Waals surface area contributed by atoms with Crippen molar-refractivity contribution in [2.24, 2.45) is 5.92 Å². The number of nitrogens with one attached hydrogen (secondary N) is 1. The van der Waals surface area contributed by atoms with E-state index in [0.29, 0.717) is 18.1 Å². The molecule has 3 unspecified atom stereocenters. The fraction of sp³-hybridized carbons (Fsp3) is 0.692. The van der Waals surface area contributed by atoms with Crippen LogP contribution in [0.5, 0.6) is 0 Å². The molecule has 0 bridgehead atoms. The number of hydrogen-bond donors (Lipinski definition) is 1. The van der Waals surface area contributed by atoms with Crippen LogP contribution in [0.25, 0.3) is 0 Å². The molecule has 2 nitrogen and oxygen atoms in total. The maximum atomic E-state index is 5.88. The zero-order valence-corrected chi connectivity index (χ0v) is 11.4. The van der Waals surface area contributed by atoms with Crippen molar-refractivity contribution in [1.82, 2.24) is 5.32 Å². The molecule has 1 saturated heterocycles. The second-order valence-electron chi connectivity index (χ2n) is 4.77. The molecule has 16 heavy (non-hydrogen) atoms. The SMILES string of the molecule is CNC(c1sc(C)cc1C)C1OCCC1C. The smallest absolute Gasteiger partial charge is 0.0804 e. The first-order valence-electron chi connectivity index (χ1n) is 5.99. The van der Waals surface area contributed by atoms with E-state index in [1.54, 1.807) is 0 Å². The van der Waals surface area contributed by atoms with Crippen LogP contribution >= 0.6 is 11.3 Å². The Balaban J connectivity index is 2.25. The lowest BCUT2D eigenvalue weighted by Gasteiger charge is -2.25. The summed E-state index contributed by atoms with van der Waals surface area (Å²) in [5, 5.41) is 3.43. The molecule has 1 N–H and O–H groups in total. The van der Waals surface area contributed by atoms with E-state index in [-0.39, 0.29) is 0 Å². The Hall–Kier alpha value is -0.380. The molecule has 0 aliphatic carbocycles. The predicted molar refractivity (Wildman–Crippen MR) is 69.1 cm³/mol. The van der Waals surface area contributed by atoms with Gasteiger partial charge in [-0.15, -0.1) is 11.3 Å². The molecule has 1 aliphatic heterocycles. The Morgan fingerprint density at radius 3 is 2.69 bits per heavy atom. The number of rotatable bonds is 3. The van der Waals surface area contributed by atoms with Crippen molar-refractivity contribution in [2.75, 3.05) is 13.7 Å². The number of aryl methyl sites for hydroxylation is 2. The number of ether oxygens (including phenoxy) is 1. The molecule has 2 heterocycles. The Kier molecular flexibility index (Phi) is 3.67. The maximum Gasteiger partial charge on any atom is 0.0804 e. The molecule has 1 aromatic heterocycles. The standard InChI is InChI=1S/C13H21NOS/c1-8-5-6-15-12(8)11(14-4)13-9(2)7-10(3)16-13/h7-8,11-12,14H,5-6H2,1-4H3. The largest absolute Gasteiger partial charge is 0.376 e. The second kappa shape index (κ2) is 4.86. The van der Waals surface area contributed by atoms with Crippen LogP contribution in [0.15, 0.2) is 6.07 Å². The van der Waals surface area contributed by atoms with Crippen LogP contribution in [0.2, 0.25) is 0 Å². The first kappa shape index (κ1) is 12.1. The average molecular weight is 239 g/mol. The van der Waals surface area contributed by atoms with Crippen molar-refractivity contribution in [2.45, 2.75) is 39.3 Å². The summed E-state index contributed by atoms with van der Waals surface area (Å²) < 4.78 is 5.88. The summed E-state index contributed by atoms with van der Waals surface area (Å²) in [6.45, 7) is 7.57. The first-order chi connectivity index (χ1) is 7.63. The van der Waals surface area contributed by atoms with Crippen LogP contribution < -0.4 is 5.32 Å². The van der Waals surface area contributed by atoms with Gasteiger partial charge in [0.15, 0.2) is 0 Å². The Bertz CT molecular complexity index is 361. The summed E-state index contributed by atoms with van der Waals surface area (Å²) in [4.78, 5) is 2.83. The molecule has 1 aliphatic rings. The zero-order chi connectivity index (χ0) is 11.7. The molecule has 2 rings (SSSR count). The minimum absolute atomic E-state index is 0.335. The highest BCUT2D eigenvalue weighted by atomic mass is 32.1. The van der Waals surface area contributed by atoms with Crippen molar-refractivity contribution in [3.8, 4) is 0 Å². The van der Waals surface area contributed by atoms with Crippen molar-refractivity contribution in [1.29, 1.82) is 0 Å². The summed E-state index contributed by atoms with van der Waals surface area (Å²) in [7, 11) is 2.04. The van der Waals surface area contributed by atoms with E-state index in [1.165, 1.54) is 21.7 Å². The van der Waals surface area contributed by atoms with Gasteiger partial charge in [0.1, 0.15) is 0 Å². The normalized spacial score (nSPS) is 27.2. The van der Waals surface area contributed by atoms with Gasteiger partial charge in [-0.3, -0.25) is 0 Å². The molecule has 1 fully saturated rings. The van der Waals surface area contributed by atoms with Gasteiger partial charge < -0.3 is 10.1 Å². The average Bonchev–Trinajstić information content (AvgIpc) is 2.77. The van der Waals surface area contributed by atoms with Crippen LogP contribution in [0.3, 0.4) is 0 Å². The molecule has 90 valence electrons. The maximum absolute atomic E-state index is 5.88. The Morgan fingerprint density at radius 1 is 1.50 bits per heavy atom. The number of thiophene rings is 1. The number of likely N-dealkylation sites (N-methyl/N-ethyl adjacent to an activating group) is 1. The fourth-order valence-electron chi connectivity index (χ4n) is 2.56. The van der Waals surface area contributed by atoms with E-state index in [0.717, 1.165) is 6.61 Å². The number of hydrogen-bond acceptors (Lipinski definition) is 3. The quantitative estimate of drug-likeness (QED) is 0.875. The van der Waals surface area contributed by atoms with Gasteiger partial charge in [0.25, 0.3) is 0 Å². The van der Waals surface area contributed by atoms with Crippen LogP contribution in [0.1, 0.15) is 34.7 Å². The molecule has 3 atom stereocenters. The van der Waals surface area contributed by atoms with Gasteiger partial charge in [-0.1, -0.05) is 6.92 Å². The van der Waals surface area contributed by atoms with Gasteiger partial charge in [-0.05, 0) is 44.9 Å². The minimum atomic E-state index is 0.335. The lowest BCUT2D eigenvalue weighted by atomic mass is 9.95. The third kappa shape index (κ3) is 2.17. The van der Waals surface area contributed by atoms with Gasteiger partial charge >= 0.3 is 0 Å². The van der Waals surface area contributed by atoms with Gasteiger partial charge in [-0.25, -0.2) is 0 Å². The summed E-state index contributed by atoms with van der Waals surface area (Å²) in [6.07, 6.45) is 1.52. The molecule has 3 heteroatoms. The minimum Gasteiger partial charge on any atom is -0.376 e. The molecule has 0 spiro atoms. The van der Waals surface area contributed by atoms with Crippen LogP contribution in [0.4, 0.5) is 0 Å².